The highest BCUT2D eigenvalue weighted by Crippen LogP contribution is 2.28. The molecule has 1 fully saturated rings. The molecular formula is C15H20N4O. The van der Waals surface area contributed by atoms with Crippen molar-refractivity contribution in [3.8, 4) is 11.5 Å². The van der Waals surface area contributed by atoms with Crippen molar-refractivity contribution in [1.29, 1.82) is 0 Å². The Morgan fingerprint density at radius 3 is 2.95 bits per heavy atom. The first-order chi connectivity index (χ1) is 9.74. The van der Waals surface area contributed by atoms with E-state index in [0.717, 1.165) is 11.3 Å². The molecule has 2 aromatic rings. The Morgan fingerprint density at radius 2 is 2.20 bits per heavy atom. The molecule has 0 saturated heterocycles. The van der Waals surface area contributed by atoms with Crippen LogP contribution in [0.15, 0.2) is 22.9 Å². The molecular weight excluding hydrogens is 252 g/mol. The van der Waals surface area contributed by atoms with Crippen molar-refractivity contribution in [2.75, 3.05) is 0 Å². The number of nitrogens with two attached hydrogens (primary N) is 1. The Balaban J connectivity index is 1.72. The number of hydrogen-bond acceptors (Lipinski definition) is 5. The molecule has 5 heteroatoms. The van der Waals surface area contributed by atoms with E-state index < -0.39 is 0 Å². The van der Waals surface area contributed by atoms with Gasteiger partial charge in [0.1, 0.15) is 5.69 Å². The monoisotopic (exact) mass is 272 g/mol. The summed E-state index contributed by atoms with van der Waals surface area (Å²) in [6.07, 6.45) is 7.43. The molecule has 1 aliphatic carbocycles. The maximum absolute atomic E-state index is 6.25. The second kappa shape index (κ2) is 5.71. The first kappa shape index (κ1) is 13.2. The molecule has 2 aromatic heterocycles. The highest BCUT2D eigenvalue weighted by atomic mass is 16.5. The molecule has 0 aliphatic heterocycles. The van der Waals surface area contributed by atoms with Crippen LogP contribution in [0.1, 0.15) is 37.1 Å². The van der Waals surface area contributed by atoms with Gasteiger partial charge in [0, 0.05) is 18.7 Å². The molecule has 0 bridgehead atoms. The first-order valence-corrected chi connectivity index (χ1v) is 7.24. The maximum Gasteiger partial charge on any atom is 0.228 e. The van der Waals surface area contributed by atoms with Crippen molar-refractivity contribution < 1.29 is 4.52 Å². The molecule has 0 amide bonds. The second-order valence-electron chi connectivity index (χ2n) is 5.59. The largest absolute Gasteiger partial charge is 0.339 e. The van der Waals surface area contributed by atoms with Gasteiger partial charge in [0.25, 0.3) is 0 Å². The van der Waals surface area contributed by atoms with Crippen molar-refractivity contribution in [1.82, 2.24) is 15.1 Å². The lowest BCUT2D eigenvalue weighted by atomic mass is 9.96. The molecule has 1 unspecified atom stereocenters. The molecule has 1 saturated carbocycles. The highest BCUT2D eigenvalue weighted by molar-refractivity contribution is 5.53. The van der Waals surface area contributed by atoms with Crippen molar-refractivity contribution in [3.63, 3.8) is 0 Å². The minimum absolute atomic E-state index is 0.121. The van der Waals surface area contributed by atoms with Crippen LogP contribution in [-0.4, -0.2) is 21.2 Å². The van der Waals surface area contributed by atoms with E-state index in [1.54, 1.807) is 6.20 Å². The predicted octanol–water partition coefficient (Wildman–Crippen LogP) is 2.50. The summed E-state index contributed by atoms with van der Waals surface area (Å²) in [6, 6.07) is 4.01. The van der Waals surface area contributed by atoms with Crippen molar-refractivity contribution in [2.45, 2.75) is 45.1 Å². The third-order valence-electron chi connectivity index (χ3n) is 4.10. The van der Waals surface area contributed by atoms with Gasteiger partial charge in [0.05, 0.1) is 0 Å². The molecule has 106 valence electrons. The fraction of sp³-hybridized carbons (Fsp3) is 0.533. The Hall–Kier alpha value is -1.75. The van der Waals surface area contributed by atoms with E-state index in [-0.39, 0.29) is 6.04 Å². The molecule has 0 spiro atoms. The third kappa shape index (κ3) is 2.72. The lowest BCUT2D eigenvalue weighted by molar-refractivity contribution is 0.341. The smallest absolute Gasteiger partial charge is 0.228 e. The second-order valence-corrected chi connectivity index (χ2v) is 5.59. The molecule has 20 heavy (non-hydrogen) atoms. The zero-order valence-corrected chi connectivity index (χ0v) is 11.7. The van der Waals surface area contributed by atoms with Gasteiger partial charge in [-0.05, 0) is 37.3 Å². The lowest BCUT2D eigenvalue weighted by Gasteiger charge is -2.16. The summed E-state index contributed by atoms with van der Waals surface area (Å²) in [7, 11) is 0. The van der Waals surface area contributed by atoms with E-state index in [4.69, 9.17) is 10.3 Å². The minimum Gasteiger partial charge on any atom is -0.339 e. The van der Waals surface area contributed by atoms with Crippen molar-refractivity contribution in [2.24, 2.45) is 11.7 Å². The van der Waals surface area contributed by atoms with Crippen LogP contribution in [0.4, 0.5) is 0 Å². The molecule has 2 N–H and O–H groups in total. The topological polar surface area (TPSA) is 77.8 Å². The third-order valence-corrected chi connectivity index (χ3v) is 4.10. The summed E-state index contributed by atoms with van der Waals surface area (Å²) in [4.78, 5) is 8.73. The summed E-state index contributed by atoms with van der Waals surface area (Å²) >= 11 is 0. The van der Waals surface area contributed by atoms with Gasteiger partial charge in [-0.2, -0.15) is 4.98 Å². The zero-order valence-electron chi connectivity index (χ0n) is 11.7. The highest BCUT2D eigenvalue weighted by Gasteiger charge is 2.24. The van der Waals surface area contributed by atoms with Crippen LogP contribution in [0.3, 0.4) is 0 Å². The lowest BCUT2D eigenvalue weighted by Crippen LogP contribution is -2.30. The average Bonchev–Trinajstić information content (AvgIpc) is 3.10. The number of nitrogens with zero attached hydrogens (tertiary/aromatic N) is 3. The normalized spacial score (nSPS) is 17.5. The van der Waals surface area contributed by atoms with E-state index in [9.17, 15) is 0 Å². The summed E-state index contributed by atoms with van der Waals surface area (Å²) in [5.74, 6) is 1.77. The summed E-state index contributed by atoms with van der Waals surface area (Å²) in [5.41, 5.74) is 8.06. The van der Waals surface area contributed by atoms with Crippen molar-refractivity contribution in [3.05, 3.63) is 29.8 Å². The van der Waals surface area contributed by atoms with Crippen LogP contribution >= 0.6 is 0 Å². The number of hydrogen-bond donors (Lipinski definition) is 1. The van der Waals surface area contributed by atoms with E-state index in [1.807, 2.05) is 19.1 Å². The molecule has 2 heterocycles. The Bertz CT molecular complexity index is 575. The van der Waals surface area contributed by atoms with E-state index in [1.165, 1.54) is 25.7 Å². The fourth-order valence-corrected chi connectivity index (χ4v) is 2.91. The number of rotatable bonds is 4. The van der Waals surface area contributed by atoms with Gasteiger partial charge in [-0.1, -0.05) is 24.1 Å². The Morgan fingerprint density at radius 1 is 1.40 bits per heavy atom. The molecule has 1 aliphatic rings. The average molecular weight is 272 g/mol. The van der Waals surface area contributed by atoms with Gasteiger partial charge in [-0.15, -0.1) is 0 Å². The van der Waals surface area contributed by atoms with Gasteiger partial charge in [0.15, 0.2) is 0 Å². The fourth-order valence-electron chi connectivity index (χ4n) is 2.91. The molecule has 3 rings (SSSR count). The van der Waals surface area contributed by atoms with Gasteiger partial charge < -0.3 is 10.3 Å². The van der Waals surface area contributed by atoms with Crippen LogP contribution in [-0.2, 0) is 6.42 Å². The standard InChI is InChI=1S/C15H20N4O/c1-10-5-4-8-17-14(10)15-18-13(20-19-15)9-12(16)11-6-2-3-7-11/h4-5,8,11-12H,2-3,6-7,9,16H2,1H3. The number of pyridine rings is 1. The number of aromatic nitrogens is 3. The van der Waals surface area contributed by atoms with Crippen LogP contribution in [0.2, 0.25) is 0 Å². The quantitative estimate of drug-likeness (QED) is 0.925. The summed E-state index contributed by atoms with van der Waals surface area (Å²) in [6.45, 7) is 1.99. The van der Waals surface area contributed by atoms with Gasteiger partial charge in [-0.3, -0.25) is 4.98 Å². The van der Waals surface area contributed by atoms with Crippen LogP contribution in [0.25, 0.3) is 11.5 Å². The molecule has 5 nitrogen and oxygen atoms in total. The van der Waals surface area contributed by atoms with E-state index in [2.05, 4.69) is 15.1 Å². The predicted molar refractivity (Wildman–Crippen MR) is 75.9 cm³/mol. The van der Waals surface area contributed by atoms with E-state index in [0.29, 0.717) is 24.1 Å². The van der Waals surface area contributed by atoms with Crippen LogP contribution in [0, 0.1) is 12.8 Å². The van der Waals surface area contributed by atoms with Crippen molar-refractivity contribution >= 4 is 0 Å². The minimum atomic E-state index is 0.121. The SMILES string of the molecule is Cc1cccnc1-c1noc(CC(N)C2CCCC2)n1. The first-order valence-electron chi connectivity index (χ1n) is 7.24. The number of aryl methyl sites for hydroxylation is 1. The van der Waals surface area contributed by atoms with Gasteiger partial charge in [-0.25, -0.2) is 0 Å². The van der Waals surface area contributed by atoms with Crippen LogP contribution in [0.5, 0.6) is 0 Å². The Kier molecular flexibility index (Phi) is 3.78. The molecule has 0 aromatic carbocycles. The van der Waals surface area contributed by atoms with Gasteiger partial charge in [0.2, 0.25) is 11.7 Å². The van der Waals surface area contributed by atoms with E-state index >= 15 is 0 Å². The molecule has 0 radical (unpaired) electrons. The summed E-state index contributed by atoms with van der Waals surface area (Å²) in [5, 5.41) is 4.02. The zero-order chi connectivity index (χ0) is 13.9. The summed E-state index contributed by atoms with van der Waals surface area (Å²) < 4.78 is 5.32. The van der Waals surface area contributed by atoms with Crippen LogP contribution < -0.4 is 5.73 Å². The molecule has 1 atom stereocenters. The maximum atomic E-state index is 6.25. The van der Waals surface area contributed by atoms with Gasteiger partial charge >= 0.3 is 0 Å². The Labute approximate surface area is 118 Å².